The van der Waals surface area contributed by atoms with E-state index in [0.717, 1.165) is 22.6 Å². The molecule has 1 aromatic heterocycles. The molecule has 3 amide bonds. The second kappa shape index (κ2) is 6.17. The number of benzene rings is 1. The number of carbonyl (C=O) groups excluding carboxylic acids is 2. The molecule has 3 rings (SSSR count). The Bertz CT molecular complexity index is 755. The largest absolute Gasteiger partial charge is 0.378 e. The van der Waals surface area contributed by atoms with E-state index in [-0.39, 0.29) is 12.3 Å². The van der Waals surface area contributed by atoms with E-state index in [1.54, 1.807) is 22.9 Å². The summed E-state index contributed by atoms with van der Waals surface area (Å²) in [6.07, 6.45) is 2.08. The van der Waals surface area contributed by atoms with Crippen molar-refractivity contribution >= 4 is 17.6 Å². The van der Waals surface area contributed by atoms with E-state index in [1.807, 2.05) is 25.1 Å². The number of hydrogen-bond acceptors (Lipinski definition) is 5. The van der Waals surface area contributed by atoms with Gasteiger partial charge in [0, 0.05) is 20.1 Å². The van der Waals surface area contributed by atoms with E-state index in [4.69, 9.17) is 4.74 Å². The summed E-state index contributed by atoms with van der Waals surface area (Å²) in [5.74, 6) is -0.249. The van der Waals surface area contributed by atoms with Crippen LogP contribution in [0.5, 0.6) is 0 Å². The van der Waals surface area contributed by atoms with Gasteiger partial charge in [0.05, 0.1) is 24.2 Å². The van der Waals surface area contributed by atoms with Gasteiger partial charge in [-0.1, -0.05) is 11.3 Å². The van der Waals surface area contributed by atoms with Crippen molar-refractivity contribution in [3.8, 4) is 5.69 Å². The van der Waals surface area contributed by atoms with Gasteiger partial charge in [0.1, 0.15) is 5.69 Å². The van der Waals surface area contributed by atoms with Crippen molar-refractivity contribution in [1.29, 1.82) is 0 Å². The Labute approximate surface area is 133 Å². The average molecular weight is 315 g/mol. The zero-order chi connectivity index (χ0) is 16.4. The second-order valence-electron chi connectivity index (χ2n) is 5.26. The number of ether oxygens (including phenoxy) is 1. The Hall–Kier alpha value is -2.74. The number of nitrogens with zero attached hydrogens (tertiary/aromatic N) is 4. The van der Waals surface area contributed by atoms with Gasteiger partial charge >= 0.3 is 6.03 Å². The highest BCUT2D eigenvalue weighted by Gasteiger charge is 2.26. The number of anilines is 1. The minimum absolute atomic E-state index is 0.249. The van der Waals surface area contributed by atoms with Crippen LogP contribution in [0.3, 0.4) is 0 Å². The molecule has 8 nitrogen and oxygen atoms in total. The standard InChI is InChI=1S/C15H17N5O3/c1-10-12(19-7-6-14(21)16-15(19)22)4-3-5-13(10)20-8-11(9-23-2)17-18-20/h3-5,8H,6-7,9H2,1-2H3,(H,16,21,22). The van der Waals surface area contributed by atoms with Crippen LogP contribution in [-0.4, -0.2) is 40.6 Å². The third kappa shape index (κ3) is 2.93. The normalized spacial score (nSPS) is 15.0. The molecule has 0 aliphatic carbocycles. The maximum Gasteiger partial charge on any atom is 0.328 e. The Morgan fingerprint density at radius 2 is 2.09 bits per heavy atom. The van der Waals surface area contributed by atoms with Gasteiger partial charge in [-0.25, -0.2) is 9.48 Å². The summed E-state index contributed by atoms with van der Waals surface area (Å²) in [7, 11) is 1.60. The molecule has 1 fully saturated rings. The third-order valence-corrected chi connectivity index (χ3v) is 3.70. The van der Waals surface area contributed by atoms with Crippen LogP contribution in [0.25, 0.3) is 5.69 Å². The van der Waals surface area contributed by atoms with Crippen LogP contribution in [0.1, 0.15) is 17.7 Å². The molecule has 1 saturated heterocycles. The van der Waals surface area contributed by atoms with Crippen LogP contribution in [0, 0.1) is 6.92 Å². The molecule has 1 N–H and O–H groups in total. The zero-order valence-electron chi connectivity index (χ0n) is 12.9. The minimum atomic E-state index is -0.403. The maximum absolute atomic E-state index is 12.0. The average Bonchev–Trinajstić information content (AvgIpc) is 2.97. The number of nitrogens with one attached hydrogen (secondary N) is 1. The van der Waals surface area contributed by atoms with Crippen LogP contribution in [0.2, 0.25) is 0 Å². The first-order chi connectivity index (χ1) is 11.1. The van der Waals surface area contributed by atoms with Crippen molar-refractivity contribution in [3.63, 3.8) is 0 Å². The molecule has 0 atom stereocenters. The van der Waals surface area contributed by atoms with Crippen molar-refractivity contribution in [2.45, 2.75) is 20.0 Å². The van der Waals surface area contributed by atoms with Crippen LogP contribution in [0.15, 0.2) is 24.4 Å². The summed E-state index contributed by atoms with van der Waals surface area (Å²) in [5, 5.41) is 10.5. The number of imide groups is 1. The minimum Gasteiger partial charge on any atom is -0.378 e. The lowest BCUT2D eigenvalue weighted by atomic mass is 10.1. The van der Waals surface area contributed by atoms with Gasteiger partial charge in [-0.05, 0) is 24.6 Å². The van der Waals surface area contributed by atoms with Gasteiger partial charge in [-0.3, -0.25) is 15.0 Å². The van der Waals surface area contributed by atoms with Crippen LogP contribution >= 0.6 is 0 Å². The molecule has 0 saturated carbocycles. The molecule has 0 unspecified atom stereocenters. The maximum atomic E-state index is 12.0. The van der Waals surface area contributed by atoms with E-state index in [2.05, 4.69) is 15.6 Å². The summed E-state index contributed by atoms with van der Waals surface area (Å²) in [6.45, 7) is 2.66. The van der Waals surface area contributed by atoms with Crippen molar-refractivity contribution in [3.05, 3.63) is 35.7 Å². The molecular formula is C15H17N5O3. The summed E-state index contributed by atoms with van der Waals surface area (Å²) in [6, 6.07) is 5.19. The zero-order valence-corrected chi connectivity index (χ0v) is 12.9. The monoisotopic (exact) mass is 315 g/mol. The molecule has 0 radical (unpaired) electrons. The molecule has 1 aliphatic rings. The lowest BCUT2D eigenvalue weighted by molar-refractivity contribution is -0.120. The van der Waals surface area contributed by atoms with Gasteiger partial charge in [0.2, 0.25) is 5.91 Å². The molecule has 8 heteroatoms. The van der Waals surface area contributed by atoms with Crippen LogP contribution in [0.4, 0.5) is 10.5 Å². The molecule has 23 heavy (non-hydrogen) atoms. The first-order valence-corrected chi connectivity index (χ1v) is 7.21. The molecule has 1 aromatic carbocycles. The smallest absolute Gasteiger partial charge is 0.328 e. The fourth-order valence-electron chi connectivity index (χ4n) is 2.58. The second-order valence-corrected chi connectivity index (χ2v) is 5.26. The Balaban J connectivity index is 1.94. The van der Waals surface area contributed by atoms with Gasteiger partial charge in [-0.15, -0.1) is 5.10 Å². The number of carbonyl (C=O) groups is 2. The topological polar surface area (TPSA) is 89.4 Å². The Kier molecular flexibility index (Phi) is 4.07. The lowest BCUT2D eigenvalue weighted by Crippen LogP contribution is -2.49. The van der Waals surface area contributed by atoms with E-state index >= 15 is 0 Å². The van der Waals surface area contributed by atoms with E-state index < -0.39 is 6.03 Å². The molecule has 0 bridgehead atoms. The molecule has 2 aromatic rings. The number of amides is 3. The highest BCUT2D eigenvalue weighted by atomic mass is 16.5. The number of rotatable bonds is 4. The van der Waals surface area contributed by atoms with Gasteiger partial charge in [-0.2, -0.15) is 0 Å². The molecule has 2 heterocycles. The molecule has 1 aliphatic heterocycles. The lowest BCUT2D eigenvalue weighted by Gasteiger charge is -2.28. The molecule has 0 spiro atoms. The Morgan fingerprint density at radius 3 is 2.83 bits per heavy atom. The first kappa shape index (κ1) is 15.2. The fraction of sp³-hybridized carbons (Fsp3) is 0.333. The number of urea groups is 1. The van der Waals surface area contributed by atoms with Crippen molar-refractivity contribution in [1.82, 2.24) is 20.3 Å². The van der Waals surface area contributed by atoms with Gasteiger partial charge < -0.3 is 4.74 Å². The first-order valence-electron chi connectivity index (χ1n) is 7.21. The van der Waals surface area contributed by atoms with E-state index in [0.29, 0.717) is 13.2 Å². The Morgan fingerprint density at radius 1 is 1.30 bits per heavy atom. The van der Waals surface area contributed by atoms with Crippen molar-refractivity contribution in [2.24, 2.45) is 0 Å². The van der Waals surface area contributed by atoms with Crippen LogP contribution in [-0.2, 0) is 16.1 Å². The quantitative estimate of drug-likeness (QED) is 0.915. The number of aromatic nitrogens is 3. The summed E-state index contributed by atoms with van der Waals surface area (Å²) in [5.41, 5.74) is 3.17. The molecule has 120 valence electrons. The SMILES string of the molecule is COCc1cn(-c2cccc(N3CCC(=O)NC3=O)c2C)nn1. The third-order valence-electron chi connectivity index (χ3n) is 3.70. The number of hydrogen-bond donors (Lipinski definition) is 1. The summed E-state index contributed by atoms with van der Waals surface area (Å²) < 4.78 is 6.69. The van der Waals surface area contributed by atoms with E-state index in [9.17, 15) is 9.59 Å². The highest BCUT2D eigenvalue weighted by Crippen LogP contribution is 2.26. The molecular weight excluding hydrogens is 298 g/mol. The van der Waals surface area contributed by atoms with Crippen molar-refractivity contribution in [2.75, 3.05) is 18.6 Å². The van der Waals surface area contributed by atoms with Crippen molar-refractivity contribution < 1.29 is 14.3 Å². The predicted octanol–water partition coefficient (Wildman–Crippen LogP) is 1.17. The summed E-state index contributed by atoms with van der Waals surface area (Å²) >= 11 is 0. The van der Waals surface area contributed by atoms with E-state index in [1.165, 1.54) is 0 Å². The highest BCUT2D eigenvalue weighted by molar-refractivity contribution is 6.06. The predicted molar refractivity (Wildman–Crippen MR) is 82.3 cm³/mol. The fourth-order valence-corrected chi connectivity index (χ4v) is 2.58. The van der Waals surface area contributed by atoms with Gasteiger partial charge in [0.15, 0.2) is 0 Å². The van der Waals surface area contributed by atoms with Gasteiger partial charge in [0.25, 0.3) is 0 Å². The number of methoxy groups -OCH3 is 1. The summed E-state index contributed by atoms with van der Waals surface area (Å²) in [4.78, 5) is 24.9. The van der Waals surface area contributed by atoms with Crippen LogP contribution < -0.4 is 10.2 Å².